The zero-order valence-electron chi connectivity index (χ0n) is 18.2. The van der Waals surface area contributed by atoms with E-state index in [0.717, 1.165) is 11.1 Å². The second kappa shape index (κ2) is 10.1. The maximum absolute atomic E-state index is 13.3. The summed E-state index contributed by atoms with van der Waals surface area (Å²) in [6.07, 6.45) is 1.90. The maximum Gasteiger partial charge on any atom is 0.276 e. The van der Waals surface area contributed by atoms with Crippen molar-refractivity contribution in [1.29, 1.82) is 0 Å². The third-order valence-corrected chi connectivity index (χ3v) is 6.03. The zero-order chi connectivity index (χ0) is 23.5. The van der Waals surface area contributed by atoms with Gasteiger partial charge in [0.05, 0.1) is 16.2 Å². The highest BCUT2D eigenvalue weighted by atomic mass is 35.5. The number of amides is 1. The molecule has 5 nitrogen and oxygen atoms in total. The fraction of sp³-hybridized carbons (Fsp3) is 0.292. The van der Waals surface area contributed by atoms with Crippen molar-refractivity contribution in [2.24, 2.45) is 0 Å². The van der Waals surface area contributed by atoms with Gasteiger partial charge in [-0.2, -0.15) is 0 Å². The Morgan fingerprint density at radius 3 is 2.28 bits per heavy atom. The Morgan fingerprint density at radius 1 is 1.00 bits per heavy atom. The first-order chi connectivity index (χ1) is 15.0. The second-order valence-electron chi connectivity index (χ2n) is 8.60. The molecule has 32 heavy (non-hydrogen) atoms. The lowest BCUT2D eigenvalue weighted by Gasteiger charge is -2.24. The molecule has 0 radical (unpaired) electrons. The van der Waals surface area contributed by atoms with Gasteiger partial charge < -0.3 is 10.6 Å². The molecule has 8 heteroatoms. The summed E-state index contributed by atoms with van der Waals surface area (Å²) in [6, 6.07) is 13.7. The monoisotopic (exact) mass is 490 g/mol. The van der Waals surface area contributed by atoms with Crippen LogP contribution in [0.15, 0.2) is 48.7 Å². The van der Waals surface area contributed by atoms with Crippen LogP contribution in [0.3, 0.4) is 0 Å². The molecule has 0 saturated heterocycles. The minimum absolute atomic E-state index is 0.0398. The van der Waals surface area contributed by atoms with Gasteiger partial charge in [-0.15, -0.1) is 0 Å². The lowest BCUT2D eigenvalue weighted by molar-refractivity contribution is 0.0740. The van der Waals surface area contributed by atoms with Crippen molar-refractivity contribution in [2.45, 2.75) is 39.2 Å². The Balaban J connectivity index is 1.86. The molecule has 1 heterocycles. The Kier molecular flexibility index (Phi) is 7.65. The van der Waals surface area contributed by atoms with Gasteiger partial charge >= 0.3 is 0 Å². The molecule has 0 saturated carbocycles. The SMILES string of the molecule is CC(C)(C)c1ccc(CN(CCc2ccc(Cl)c(Cl)c2)C(=O)c2nc(Cl)cnc2N)cc1. The molecule has 168 valence electrons. The third kappa shape index (κ3) is 6.12. The largest absolute Gasteiger partial charge is 0.382 e. The van der Waals surface area contributed by atoms with Crippen LogP contribution in [0.5, 0.6) is 0 Å². The first-order valence-corrected chi connectivity index (χ1v) is 11.3. The second-order valence-corrected chi connectivity index (χ2v) is 9.80. The summed E-state index contributed by atoms with van der Waals surface area (Å²) in [5.41, 5.74) is 9.19. The number of hydrogen-bond acceptors (Lipinski definition) is 4. The normalized spacial score (nSPS) is 11.4. The maximum atomic E-state index is 13.3. The van der Waals surface area contributed by atoms with Crippen molar-refractivity contribution in [3.05, 3.63) is 86.2 Å². The lowest BCUT2D eigenvalue weighted by Crippen LogP contribution is -2.34. The minimum atomic E-state index is -0.336. The molecule has 1 amide bonds. The van der Waals surface area contributed by atoms with E-state index in [2.05, 4.69) is 42.9 Å². The Morgan fingerprint density at radius 2 is 1.66 bits per heavy atom. The summed E-state index contributed by atoms with van der Waals surface area (Å²) >= 11 is 18.1. The van der Waals surface area contributed by atoms with Crippen LogP contribution in [0, 0.1) is 0 Å². The van der Waals surface area contributed by atoms with Gasteiger partial charge in [-0.3, -0.25) is 4.79 Å². The summed E-state index contributed by atoms with van der Waals surface area (Å²) < 4.78 is 0. The number of nitrogens with zero attached hydrogens (tertiary/aromatic N) is 3. The third-order valence-electron chi connectivity index (χ3n) is 5.11. The number of anilines is 1. The number of carbonyl (C=O) groups excluding carboxylic acids is 1. The Hall–Kier alpha value is -2.34. The van der Waals surface area contributed by atoms with E-state index >= 15 is 0 Å². The topological polar surface area (TPSA) is 72.1 Å². The van der Waals surface area contributed by atoms with Crippen LogP contribution in [-0.4, -0.2) is 27.3 Å². The molecular formula is C24H25Cl3N4O. The zero-order valence-corrected chi connectivity index (χ0v) is 20.5. The van der Waals surface area contributed by atoms with Gasteiger partial charge in [0.25, 0.3) is 5.91 Å². The van der Waals surface area contributed by atoms with Gasteiger partial charge in [0.2, 0.25) is 0 Å². The highest BCUT2D eigenvalue weighted by Crippen LogP contribution is 2.25. The van der Waals surface area contributed by atoms with Crippen molar-refractivity contribution in [3.63, 3.8) is 0 Å². The van der Waals surface area contributed by atoms with Crippen LogP contribution in [0.4, 0.5) is 5.82 Å². The van der Waals surface area contributed by atoms with E-state index in [0.29, 0.717) is 29.6 Å². The highest BCUT2D eigenvalue weighted by Gasteiger charge is 2.22. The van der Waals surface area contributed by atoms with Crippen molar-refractivity contribution >= 4 is 46.5 Å². The van der Waals surface area contributed by atoms with Crippen molar-refractivity contribution in [3.8, 4) is 0 Å². The van der Waals surface area contributed by atoms with E-state index in [-0.39, 0.29) is 28.0 Å². The molecular weight excluding hydrogens is 467 g/mol. The molecule has 2 N–H and O–H groups in total. The first kappa shape index (κ1) is 24.3. The van der Waals surface area contributed by atoms with E-state index in [1.165, 1.54) is 11.8 Å². The smallest absolute Gasteiger partial charge is 0.276 e. The number of carbonyl (C=O) groups is 1. The Labute approximate surface area is 203 Å². The number of nitrogen functional groups attached to an aromatic ring is 1. The molecule has 0 spiro atoms. The summed E-state index contributed by atoms with van der Waals surface area (Å²) in [6.45, 7) is 7.30. The number of rotatable bonds is 6. The van der Waals surface area contributed by atoms with Gasteiger partial charge in [-0.1, -0.05) is 85.9 Å². The fourth-order valence-electron chi connectivity index (χ4n) is 3.23. The summed E-state index contributed by atoms with van der Waals surface area (Å²) in [5, 5.41) is 1.08. The molecule has 0 unspecified atom stereocenters. The summed E-state index contributed by atoms with van der Waals surface area (Å²) in [5.74, 6) is -0.292. The van der Waals surface area contributed by atoms with Gasteiger partial charge in [0.1, 0.15) is 5.15 Å². The quantitative estimate of drug-likeness (QED) is 0.445. The van der Waals surface area contributed by atoms with Gasteiger partial charge in [0, 0.05) is 13.1 Å². The van der Waals surface area contributed by atoms with E-state index in [1.807, 2.05) is 18.2 Å². The summed E-state index contributed by atoms with van der Waals surface area (Å²) in [7, 11) is 0. The molecule has 0 aliphatic carbocycles. The minimum Gasteiger partial charge on any atom is -0.382 e. The van der Waals surface area contributed by atoms with E-state index in [9.17, 15) is 4.79 Å². The van der Waals surface area contributed by atoms with Crippen molar-refractivity contribution < 1.29 is 4.79 Å². The van der Waals surface area contributed by atoms with Crippen LogP contribution in [0.2, 0.25) is 15.2 Å². The van der Waals surface area contributed by atoms with E-state index < -0.39 is 0 Å². The van der Waals surface area contributed by atoms with Crippen LogP contribution >= 0.6 is 34.8 Å². The number of nitrogens with two attached hydrogens (primary N) is 1. The molecule has 0 aliphatic rings. The molecule has 3 rings (SSSR count). The van der Waals surface area contributed by atoms with E-state index in [4.69, 9.17) is 40.5 Å². The average Bonchev–Trinajstić information content (AvgIpc) is 2.74. The summed E-state index contributed by atoms with van der Waals surface area (Å²) in [4.78, 5) is 23.1. The molecule has 0 fully saturated rings. The van der Waals surface area contributed by atoms with Crippen molar-refractivity contribution in [2.75, 3.05) is 12.3 Å². The predicted octanol–water partition coefficient (Wildman–Crippen LogP) is 6.20. The number of halogens is 3. The lowest BCUT2D eigenvalue weighted by atomic mass is 9.87. The van der Waals surface area contributed by atoms with Crippen LogP contribution in [-0.2, 0) is 18.4 Å². The molecule has 1 aromatic heterocycles. The predicted molar refractivity (Wildman–Crippen MR) is 132 cm³/mol. The average molecular weight is 492 g/mol. The molecule has 3 aromatic rings. The van der Waals surface area contributed by atoms with Crippen LogP contribution in [0.25, 0.3) is 0 Å². The molecule has 2 aromatic carbocycles. The first-order valence-electron chi connectivity index (χ1n) is 10.2. The molecule has 0 atom stereocenters. The Bertz CT molecular complexity index is 1110. The van der Waals surface area contributed by atoms with Crippen LogP contribution in [0.1, 0.15) is 48.0 Å². The van der Waals surface area contributed by atoms with Crippen LogP contribution < -0.4 is 5.73 Å². The molecule has 0 aliphatic heterocycles. The van der Waals surface area contributed by atoms with Gasteiger partial charge in [0.15, 0.2) is 11.5 Å². The number of benzene rings is 2. The van der Waals surface area contributed by atoms with Gasteiger partial charge in [-0.05, 0) is 40.7 Å². The highest BCUT2D eigenvalue weighted by molar-refractivity contribution is 6.42. The molecule has 0 bridgehead atoms. The van der Waals surface area contributed by atoms with Gasteiger partial charge in [-0.25, -0.2) is 9.97 Å². The number of aromatic nitrogens is 2. The van der Waals surface area contributed by atoms with Crippen molar-refractivity contribution in [1.82, 2.24) is 14.9 Å². The standard InChI is InChI=1S/C24H25Cl3N4O/c1-24(2,3)17-7-4-16(5-8-17)14-31(11-10-15-6-9-18(25)19(26)12-15)23(32)21-22(28)29-13-20(27)30-21/h4-9,12-13H,10-11,14H2,1-3H3,(H2,28,29). The van der Waals surface area contributed by atoms with E-state index in [1.54, 1.807) is 17.0 Å². The number of hydrogen-bond donors (Lipinski definition) is 1. The fourth-order valence-corrected chi connectivity index (χ4v) is 3.68.